The first-order valence-corrected chi connectivity index (χ1v) is 8.83. The SMILES string of the molecule is CCOc1cccc(C(=O)N[C@H](C)c2ccc3c(c2)CCCC3)c1. The number of hydrogen-bond donors (Lipinski definition) is 1. The molecule has 0 aromatic heterocycles. The van der Waals surface area contributed by atoms with Crippen LogP contribution in [0.3, 0.4) is 0 Å². The molecule has 1 N–H and O–H groups in total. The molecule has 1 aliphatic rings. The van der Waals surface area contributed by atoms with E-state index in [1.807, 2.05) is 32.0 Å². The zero-order valence-electron chi connectivity index (χ0n) is 14.5. The summed E-state index contributed by atoms with van der Waals surface area (Å²) in [7, 11) is 0. The van der Waals surface area contributed by atoms with Crippen molar-refractivity contribution in [3.8, 4) is 5.75 Å². The second-order valence-electron chi connectivity index (χ2n) is 6.39. The Morgan fingerprint density at radius 1 is 1.12 bits per heavy atom. The molecule has 1 amide bonds. The molecule has 0 heterocycles. The van der Waals surface area contributed by atoms with Gasteiger partial charge >= 0.3 is 0 Å². The van der Waals surface area contributed by atoms with Crippen molar-refractivity contribution in [2.45, 2.75) is 45.6 Å². The van der Waals surface area contributed by atoms with Crippen LogP contribution in [0.25, 0.3) is 0 Å². The number of amides is 1. The Morgan fingerprint density at radius 2 is 1.92 bits per heavy atom. The van der Waals surface area contributed by atoms with Crippen LogP contribution < -0.4 is 10.1 Å². The standard InChI is InChI=1S/C21H25NO2/c1-3-24-20-10-6-9-19(14-20)21(23)22-15(2)17-12-11-16-7-4-5-8-18(16)13-17/h6,9-15H,3-5,7-8H2,1-2H3,(H,22,23)/t15-/m1/s1. The van der Waals surface area contributed by atoms with E-state index in [-0.39, 0.29) is 11.9 Å². The van der Waals surface area contributed by atoms with E-state index >= 15 is 0 Å². The molecular weight excluding hydrogens is 298 g/mol. The Bertz CT molecular complexity index is 724. The summed E-state index contributed by atoms with van der Waals surface area (Å²) in [5.74, 6) is 0.661. The van der Waals surface area contributed by atoms with E-state index in [0.717, 1.165) is 12.2 Å². The summed E-state index contributed by atoms with van der Waals surface area (Å²) in [4.78, 5) is 12.5. The van der Waals surface area contributed by atoms with Crippen molar-refractivity contribution in [3.63, 3.8) is 0 Å². The molecule has 0 fully saturated rings. The van der Waals surface area contributed by atoms with Gasteiger partial charge in [-0.05, 0) is 74.4 Å². The number of carbonyl (C=O) groups excluding carboxylic acids is 1. The van der Waals surface area contributed by atoms with E-state index in [2.05, 4.69) is 23.5 Å². The number of rotatable bonds is 5. The monoisotopic (exact) mass is 323 g/mol. The van der Waals surface area contributed by atoms with Crippen LogP contribution in [-0.2, 0) is 12.8 Å². The molecule has 0 saturated carbocycles. The number of hydrogen-bond acceptors (Lipinski definition) is 2. The molecule has 0 radical (unpaired) electrons. The molecule has 2 aromatic carbocycles. The highest BCUT2D eigenvalue weighted by Crippen LogP contribution is 2.25. The predicted octanol–water partition coefficient (Wildman–Crippen LogP) is 4.46. The van der Waals surface area contributed by atoms with E-state index in [1.54, 1.807) is 6.07 Å². The van der Waals surface area contributed by atoms with Gasteiger partial charge in [-0.3, -0.25) is 4.79 Å². The fourth-order valence-corrected chi connectivity index (χ4v) is 3.28. The van der Waals surface area contributed by atoms with Crippen LogP contribution in [0, 0.1) is 0 Å². The molecule has 3 heteroatoms. The zero-order chi connectivity index (χ0) is 16.9. The van der Waals surface area contributed by atoms with Gasteiger partial charge in [0.25, 0.3) is 5.91 Å². The first-order valence-electron chi connectivity index (χ1n) is 8.83. The van der Waals surface area contributed by atoms with E-state index in [0.29, 0.717) is 12.2 Å². The number of ether oxygens (including phenoxy) is 1. The summed E-state index contributed by atoms with van der Waals surface area (Å²) < 4.78 is 5.47. The lowest BCUT2D eigenvalue weighted by Gasteiger charge is -2.20. The summed E-state index contributed by atoms with van der Waals surface area (Å²) >= 11 is 0. The average molecular weight is 323 g/mol. The lowest BCUT2D eigenvalue weighted by molar-refractivity contribution is 0.0939. The van der Waals surface area contributed by atoms with Crippen LogP contribution in [0.5, 0.6) is 5.75 Å². The summed E-state index contributed by atoms with van der Waals surface area (Å²) in [5.41, 5.74) is 4.71. The van der Waals surface area contributed by atoms with E-state index in [1.165, 1.54) is 36.0 Å². The molecule has 0 aliphatic heterocycles. The molecule has 0 saturated heterocycles. The maximum absolute atomic E-state index is 12.5. The fraction of sp³-hybridized carbons (Fsp3) is 0.381. The van der Waals surface area contributed by atoms with Crippen LogP contribution in [-0.4, -0.2) is 12.5 Å². The number of benzene rings is 2. The first kappa shape index (κ1) is 16.6. The van der Waals surface area contributed by atoms with Gasteiger partial charge in [0.2, 0.25) is 0 Å². The minimum Gasteiger partial charge on any atom is -0.494 e. The van der Waals surface area contributed by atoms with Crippen molar-refractivity contribution in [1.29, 1.82) is 0 Å². The van der Waals surface area contributed by atoms with E-state index < -0.39 is 0 Å². The maximum atomic E-state index is 12.5. The third-order valence-electron chi connectivity index (χ3n) is 4.63. The van der Waals surface area contributed by atoms with Crippen molar-refractivity contribution in [2.24, 2.45) is 0 Å². The quantitative estimate of drug-likeness (QED) is 0.882. The number of aryl methyl sites for hydroxylation is 2. The highest BCUT2D eigenvalue weighted by Gasteiger charge is 2.15. The zero-order valence-corrected chi connectivity index (χ0v) is 14.5. The smallest absolute Gasteiger partial charge is 0.251 e. The van der Waals surface area contributed by atoms with Gasteiger partial charge in [0.05, 0.1) is 12.6 Å². The van der Waals surface area contributed by atoms with Crippen molar-refractivity contribution >= 4 is 5.91 Å². The highest BCUT2D eigenvalue weighted by molar-refractivity contribution is 5.94. The third kappa shape index (κ3) is 3.78. The molecule has 3 rings (SSSR count). The van der Waals surface area contributed by atoms with Gasteiger partial charge in [-0.25, -0.2) is 0 Å². The largest absolute Gasteiger partial charge is 0.494 e. The van der Waals surface area contributed by atoms with Crippen molar-refractivity contribution < 1.29 is 9.53 Å². The molecule has 2 aromatic rings. The van der Waals surface area contributed by atoms with Gasteiger partial charge in [0.1, 0.15) is 5.75 Å². The molecule has 0 spiro atoms. The van der Waals surface area contributed by atoms with Crippen molar-refractivity contribution in [3.05, 3.63) is 64.7 Å². The molecule has 3 nitrogen and oxygen atoms in total. The molecule has 0 unspecified atom stereocenters. The minimum absolute atomic E-state index is 0.0134. The molecule has 24 heavy (non-hydrogen) atoms. The maximum Gasteiger partial charge on any atom is 0.251 e. The highest BCUT2D eigenvalue weighted by atomic mass is 16.5. The second-order valence-corrected chi connectivity index (χ2v) is 6.39. The average Bonchev–Trinajstić information content (AvgIpc) is 2.61. The summed E-state index contributed by atoms with van der Waals surface area (Å²) in [6, 6.07) is 13.9. The Hall–Kier alpha value is -2.29. The normalized spacial score (nSPS) is 14.6. The lowest BCUT2D eigenvalue weighted by atomic mass is 9.89. The predicted molar refractivity (Wildman–Crippen MR) is 96.6 cm³/mol. The van der Waals surface area contributed by atoms with Gasteiger partial charge in [0.15, 0.2) is 0 Å². The van der Waals surface area contributed by atoms with Crippen LogP contribution in [0.2, 0.25) is 0 Å². The third-order valence-corrected chi connectivity index (χ3v) is 4.63. The van der Waals surface area contributed by atoms with E-state index in [4.69, 9.17) is 4.74 Å². The summed E-state index contributed by atoms with van der Waals surface area (Å²) in [6.45, 7) is 4.57. The van der Waals surface area contributed by atoms with Gasteiger partial charge < -0.3 is 10.1 Å². The van der Waals surface area contributed by atoms with Crippen LogP contribution in [0.4, 0.5) is 0 Å². The Labute approximate surface area is 144 Å². The Balaban J connectivity index is 1.71. The number of nitrogens with one attached hydrogen (secondary N) is 1. The summed E-state index contributed by atoms with van der Waals surface area (Å²) in [6.07, 6.45) is 4.89. The molecule has 0 bridgehead atoms. The lowest BCUT2D eigenvalue weighted by Crippen LogP contribution is -2.26. The van der Waals surface area contributed by atoms with Crippen LogP contribution in [0.1, 0.15) is 59.8 Å². The van der Waals surface area contributed by atoms with Crippen molar-refractivity contribution in [2.75, 3.05) is 6.61 Å². The van der Waals surface area contributed by atoms with Crippen molar-refractivity contribution in [1.82, 2.24) is 5.32 Å². The topological polar surface area (TPSA) is 38.3 Å². The van der Waals surface area contributed by atoms with Gasteiger partial charge in [0, 0.05) is 5.56 Å². The van der Waals surface area contributed by atoms with Crippen LogP contribution >= 0.6 is 0 Å². The van der Waals surface area contributed by atoms with Gasteiger partial charge in [-0.2, -0.15) is 0 Å². The van der Waals surface area contributed by atoms with Gasteiger partial charge in [-0.1, -0.05) is 24.3 Å². The first-order chi connectivity index (χ1) is 11.7. The summed E-state index contributed by atoms with van der Waals surface area (Å²) in [5, 5.41) is 3.09. The molecule has 1 atom stereocenters. The second kappa shape index (κ2) is 7.52. The Kier molecular flexibility index (Phi) is 5.19. The van der Waals surface area contributed by atoms with Gasteiger partial charge in [-0.15, -0.1) is 0 Å². The number of carbonyl (C=O) groups is 1. The fourth-order valence-electron chi connectivity index (χ4n) is 3.28. The minimum atomic E-state index is -0.0678. The molecular formula is C21H25NO2. The molecule has 1 aliphatic carbocycles. The molecule has 126 valence electrons. The van der Waals surface area contributed by atoms with E-state index in [9.17, 15) is 4.79 Å². The Morgan fingerprint density at radius 3 is 2.71 bits per heavy atom. The van der Waals surface area contributed by atoms with Crippen LogP contribution in [0.15, 0.2) is 42.5 Å². The number of fused-ring (bicyclic) bond motifs is 1.